The number of thiophene rings is 1. The summed E-state index contributed by atoms with van der Waals surface area (Å²) in [4.78, 5) is 1.19. The molecule has 0 saturated heterocycles. The molecule has 0 amide bonds. The molecule has 1 aromatic heterocycles. The van der Waals surface area contributed by atoms with Gasteiger partial charge in [0.25, 0.3) is 0 Å². The fourth-order valence-corrected chi connectivity index (χ4v) is 3.55. The van der Waals surface area contributed by atoms with Gasteiger partial charge in [-0.05, 0) is 58.0 Å². The van der Waals surface area contributed by atoms with E-state index in [4.69, 9.17) is 0 Å². The zero-order chi connectivity index (χ0) is 13.0. The Bertz CT molecular complexity index is 512. The van der Waals surface area contributed by atoms with Crippen LogP contribution >= 0.6 is 27.3 Å². The smallest absolute Gasteiger partial charge is 0.123 e. The average molecular weight is 328 g/mol. The SMILES string of the molecule is CCCNC(c1cccc(F)c1)c1sccc1Br. The average Bonchev–Trinajstić information content (AvgIpc) is 2.77. The molecule has 18 heavy (non-hydrogen) atoms. The number of nitrogens with one attached hydrogen (secondary N) is 1. The van der Waals surface area contributed by atoms with E-state index < -0.39 is 0 Å². The van der Waals surface area contributed by atoms with Gasteiger partial charge in [0.15, 0.2) is 0 Å². The Morgan fingerprint density at radius 3 is 2.83 bits per heavy atom. The number of halogens is 2. The van der Waals surface area contributed by atoms with E-state index in [1.807, 2.05) is 17.5 Å². The number of benzene rings is 1. The lowest BCUT2D eigenvalue weighted by Gasteiger charge is -2.18. The van der Waals surface area contributed by atoms with Crippen LogP contribution in [0.25, 0.3) is 0 Å². The molecule has 0 fully saturated rings. The van der Waals surface area contributed by atoms with E-state index in [0.717, 1.165) is 23.0 Å². The maximum absolute atomic E-state index is 13.4. The Hall–Kier alpha value is -0.710. The third-order valence-corrected chi connectivity index (χ3v) is 4.62. The van der Waals surface area contributed by atoms with Crippen LogP contribution in [0.3, 0.4) is 0 Å². The summed E-state index contributed by atoms with van der Waals surface area (Å²) in [5, 5.41) is 5.51. The molecule has 1 nitrogen and oxygen atoms in total. The second kappa shape index (κ2) is 6.45. The van der Waals surface area contributed by atoms with Crippen molar-refractivity contribution in [2.75, 3.05) is 6.54 Å². The van der Waals surface area contributed by atoms with Crippen molar-refractivity contribution in [3.8, 4) is 0 Å². The zero-order valence-electron chi connectivity index (χ0n) is 10.1. The van der Waals surface area contributed by atoms with E-state index >= 15 is 0 Å². The van der Waals surface area contributed by atoms with Gasteiger partial charge < -0.3 is 5.32 Å². The Morgan fingerprint density at radius 1 is 1.39 bits per heavy atom. The molecule has 0 aliphatic carbocycles. The minimum absolute atomic E-state index is 0.0509. The van der Waals surface area contributed by atoms with E-state index in [1.54, 1.807) is 23.5 Å². The van der Waals surface area contributed by atoms with Crippen LogP contribution in [0.15, 0.2) is 40.2 Å². The molecule has 0 aliphatic rings. The first kappa shape index (κ1) is 13.7. The fourth-order valence-electron chi connectivity index (χ4n) is 1.85. The van der Waals surface area contributed by atoms with Crippen LogP contribution in [-0.4, -0.2) is 6.54 Å². The lowest BCUT2D eigenvalue weighted by atomic mass is 10.1. The van der Waals surface area contributed by atoms with E-state index in [-0.39, 0.29) is 11.9 Å². The normalized spacial score (nSPS) is 12.6. The molecule has 1 aromatic carbocycles. The van der Waals surface area contributed by atoms with Crippen LogP contribution in [-0.2, 0) is 0 Å². The second-order valence-electron chi connectivity index (χ2n) is 4.07. The van der Waals surface area contributed by atoms with Crippen LogP contribution in [0.5, 0.6) is 0 Å². The van der Waals surface area contributed by atoms with Gasteiger partial charge in [-0.2, -0.15) is 0 Å². The van der Waals surface area contributed by atoms with Crippen LogP contribution in [0.1, 0.15) is 29.8 Å². The van der Waals surface area contributed by atoms with Crippen LogP contribution in [0, 0.1) is 5.82 Å². The largest absolute Gasteiger partial charge is 0.306 e. The van der Waals surface area contributed by atoms with Gasteiger partial charge >= 0.3 is 0 Å². The minimum Gasteiger partial charge on any atom is -0.306 e. The summed E-state index contributed by atoms with van der Waals surface area (Å²) in [6, 6.07) is 8.87. The molecule has 96 valence electrons. The quantitative estimate of drug-likeness (QED) is 0.836. The Labute approximate surface area is 119 Å². The van der Waals surface area contributed by atoms with Crippen molar-refractivity contribution >= 4 is 27.3 Å². The first-order chi connectivity index (χ1) is 8.72. The topological polar surface area (TPSA) is 12.0 Å². The summed E-state index contributed by atoms with van der Waals surface area (Å²) in [7, 11) is 0. The van der Waals surface area contributed by atoms with Gasteiger partial charge in [0.05, 0.1) is 6.04 Å². The molecule has 0 aliphatic heterocycles. The summed E-state index contributed by atoms with van der Waals surface area (Å²) in [5.74, 6) is -0.191. The third-order valence-electron chi connectivity index (χ3n) is 2.69. The highest BCUT2D eigenvalue weighted by Gasteiger charge is 2.17. The van der Waals surface area contributed by atoms with Gasteiger partial charge in [-0.1, -0.05) is 19.1 Å². The molecule has 1 heterocycles. The number of rotatable bonds is 5. The molecular formula is C14H15BrFNS. The lowest BCUT2D eigenvalue weighted by Crippen LogP contribution is -2.22. The van der Waals surface area contributed by atoms with Crippen molar-refractivity contribution in [2.24, 2.45) is 0 Å². The Morgan fingerprint density at radius 2 is 2.22 bits per heavy atom. The van der Waals surface area contributed by atoms with Crippen molar-refractivity contribution < 1.29 is 4.39 Å². The van der Waals surface area contributed by atoms with E-state index in [9.17, 15) is 4.39 Å². The minimum atomic E-state index is -0.191. The molecule has 4 heteroatoms. The second-order valence-corrected chi connectivity index (χ2v) is 5.88. The van der Waals surface area contributed by atoms with Crippen molar-refractivity contribution in [2.45, 2.75) is 19.4 Å². The monoisotopic (exact) mass is 327 g/mol. The summed E-state index contributed by atoms with van der Waals surface area (Å²) in [6.07, 6.45) is 1.05. The molecule has 0 spiro atoms. The van der Waals surface area contributed by atoms with Crippen molar-refractivity contribution in [1.82, 2.24) is 5.32 Å². The molecule has 2 aromatic rings. The van der Waals surface area contributed by atoms with Gasteiger partial charge in [0, 0.05) is 9.35 Å². The van der Waals surface area contributed by atoms with Crippen molar-refractivity contribution in [1.29, 1.82) is 0 Å². The number of hydrogen-bond acceptors (Lipinski definition) is 2. The Balaban J connectivity index is 2.33. The predicted molar refractivity (Wildman–Crippen MR) is 78.6 cm³/mol. The van der Waals surface area contributed by atoms with E-state index in [0.29, 0.717) is 0 Å². The van der Waals surface area contributed by atoms with E-state index in [1.165, 1.54) is 10.9 Å². The van der Waals surface area contributed by atoms with Crippen LogP contribution in [0.2, 0.25) is 0 Å². The highest BCUT2D eigenvalue weighted by molar-refractivity contribution is 9.10. The summed E-state index contributed by atoms with van der Waals surface area (Å²) < 4.78 is 14.4. The van der Waals surface area contributed by atoms with Gasteiger partial charge in [0.2, 0.25) is 0 Å². The molecule has 0 radical (unpaired) electrons. The van der Waals surface area contributed by atoms with Crippen LogP contribution in [0.4, 0.5) is 4.39 Å². The van der Waals surface area contributed by atoms with Gasteiger partial charge in [-0.15, -0.1) is 11.3 Å². The molecule has 1 atom stereocenters. The maximum atomic E-state index is 13.4. The standard InChI is InChI=1S/C14H15BrFNS/c1-2-7-17-13(14-12(15)6-8-18-14)10-4-3-5-11(16)9-10/h3-6,8-9,13,17H,2,7H2,1H3. The molecule has 0 saturated carbocycles. The summed E-state index contributed by atoms with van der Waals surface area (Å²) >= 11 is 5.23. The summed E-state index contributed by atoms with van der Waals surface area (Å²) in [5.41, 5.74) is 0.964. The fraction of sp³-hybridized carbons (Fsp3) is 0.286. The van der Waals surface area contributed by atoms with Crippen LogP contribution < -0.4 is 5.32 Å². The first-order valence-corrected chi connectivity index (χ1v) is 7.61. The Kier molecular flexibility index (Phi) is 4.92. The lowest BCUT2D eigenvalue weighted by molar-refractivity contribution is 0.590. The van der Waals surface area contributed by atoms with E-state index in [2.05, 4.69) is 28.2 Å². The molecule has 1 N–H and O–H groups in total. The first-order valence-electron chi connectivity index (χ1n) is 5.94. The molecule has 2 rings (SSSR count). The van der Waals surface area contributed by atoms with Crippen molar-refractivity contribution in [3.05, 3.63) is 56.4 Å². The highest BCUT2D eigenvalue weighted by Crippen LogP contribution is 2.33. The van der Waals surface area contributed by atoms with Gasteiger partial charge in [-0.25, -0.2) is 4.39 Å². The molecular weight excluding hydrogens is 313 g/mol. The highest BCUT2D eigenvalue weighted by atomic mass is 79.9. The summed E-state index contributed by atoms with van der Waals surface area (Å²) in [6.45, 7) is 3.03. The maximum Gasteiger partial charge on any atom is 0.123 e. The van der Waals surface area contributed by atoms with Gasteiger partial charge in [-0.3, -0.25) is 0 Å². The van der Waals surface area contributed by atoms with Crippen molar-refractivity contribution in [3.63, 3.8) is 0 Å². The molecule has 1 unspecified atom stereocenters. The third kappa shape index (κ3) is 3.19. The van der Waals surface area contributed by atoms with Gasteiger partial charge in [0.1, 0.15) is 5.82 Å². The molecule has 0 bridgehead atoms. The predicted octanol–water partition coefficient (Wildman–Crippen LogP) is 4.74. The number of hydrogen-bond donors (Lipinski definition) is 1. The zero-order valence-corrected chi connectivity index (χ0v) is 12.5.